The highest BCUT2D eigenvalue weighted by molar-refractivity contribution is 7.00. The van der Waals surface area contributed by atoms with Crippen LogP contribution in [0.25, 0.3) is 38.8 Å². The number of hydrogen-bond donors (Lipinski definition) is 0. The maximum atomic E-state index is 4.97. The number of fused-ring (bicyclic) bond motifs is 4. The Labute approximate surface area is 284 Å². The number of nitrogens with zero attached hydrogens (tertiary/aromatic N) is 4. The lowest BCUT2D eigenvalue weighted by molar-refractivity contribution is 0.709. The fourth-order valence-electron chi connectivity index (χ4n) is 7.70. The molecule has 0 unspecified atom stereocenters. The molecule has 0 bridgehead atoms. The standard InChI is InChI=1S/C43H42N4Si/c1-29(2)45-28-46(40-20-10-9-19-39(40)45)33-15-12-16-34(26-33)48(5,6)35-21-22-37-36-17-7-8-18-38(36)47(41(37)27-35)42-25-32(23-24-44-42)43-30(3)13-11-14-31(43)4/h7-27,29H,28H2,1-6H3. The van der Waals surface area contributed by atoms with E-state index >= 15 is 0 Å². The zero-order valence-corrected chi connectivity index (χ0v) is 29.7. The zero-order valence-electron chi connectivity index (χ0n) is 28.7. The second-order valence-electron chi connectivity index (χ2n) is 14.1. The van der Waals surface area contributed by atoms with E-state index in [9.17, 15) is 0 Å². The van der Waals surface area contributed by atoms with Gasteiger partial charge < -0.3 is 9.80 Å². The van der Waals surface area contributed by atoms with Gasteiger partial charge in [-0.15, -0.1) is 0 Å². The van der Waals surface area contributed by atoms with E-state index in [1.54, 1.807) is 0 Å². The Kier molecular flexibility index (Phi) is 7.26. The first-order chi connectivity index (χ1) is 23.2. The van der Waals surface area contributed by atoms with Crippen LogP contribution in [0, 0.1) is 13.8 Å². The first kappa shape index (κ1) is 30.2. The van der Waals surface area contributed by atoms with Crippen molar-refractivity contribution in [3.63, 3.8) is 0 Å². The van der Waals surface area contributed by atoms with Gasteiger partial charge in [0.05, 0.1) is 29.1 Å². The average Bonchev–Trinajstić information content (AvgIpc) is 3.65. The molecule has 4 nitrogen and oxygen atoms in total. The minimum Gasteiger partial charge on any atom is -0.349 e. The number of anilines is 3. The van der Waals surface area contributed by atoms with Crippen LogP contribution in [-0.2, 0) is 0 Å². The number of aryl methyl sites for hydroxylation is 2. The van der Waals surface area contributed by atoms with Gasteiger partial charge in [-0.25, -0.2) is 4.98 Å². The monoisotopic (exact) mass is 642 g/mol. The van der Waals surface area contributed by atoms with Crippen LogP contribution in [0.15, 0.2) is 128 Å². The van der Waals surface area contributed by atoms with Gasteiger partial charge in [-0.05, 0) is 98.5 Å². The van der Waals surface area contributed by atoms with Crippen LogP contribution in [0.1, 0.15) is 25.0 Å². The molecular weight excluding hydrogens is 601 g/mol. The third-order valence-electron chi connectivity index (χ3n) is 10.4. The van der Waals surface area contributed by atoms with Crippen LogP contribution in [-0.4, -0.2) is 30.3 Å². The topological polar surface area (TPSA) is 24.3 Å². The Morgan fingerprint density at radius 1 is 0.646 bits per heavy atom. The Morgan fingerprint density at radius 3 is 2.12 bits per heavy atom. The first-order valence-electron chi connectivity index (χ1n) is 17.0. The van der Waals surface area contributed by atoms with Gasteiger partial charge in [0.25, 0.3) is 0 Å². The Bertz CT molecular complexity index is 2310. The smallest absolute Gasteiger partial charge is 0.138 e. The van der Waals surface area contributed by atoms with E-state index in [4.69, 9.17) is 4.98 Å². The summed E-state index contributed by atoms with van der Waals surface area (Å²) in [5, 5.41) is 5.35. The van der Waals surface area contributed by atoms with Crippen molar-refractivity contribution < 1.29 is 0 Å². The zero-order chi connectivity index (χ0) is 33.2. The molecule has 0 saturated carbocycles. The second-order valence-corrected chi connectivity index (χ2v) is 18.5. The first-order valence-corrected chi connectivity index (χ1v) is 20.0. The summed E-state index contributed by atoms with van der Waals surface area (Å²) in [6, 6.07) is 45.4. The molecule has 0 radical (unpaired) electrons. The number of aromatic nitrogens is 2. The molecule has 0 N–H and O–H groups in total. The molecule has 3 heterocycles. The third-order valence-corrected chi connectivity index (χ3v) is 13.9. The van der Waals surface area contributed by atoms with Crippen LogP contribution >= 0.6 is 0 Å². The molecule has 0 aliphatic carbocycles. The van der Waals surface area contributed by atoms with Crippen LogP contribution < -0.4 is 20.2 Å². The summed E-state index contributed by atoms with van der Waals surface area (Å²) in [6.07, 6.45) is 1.96. The van der Waals surface area contributed by atoms with Crippen molar-refractivity contribution in [3.05, 3.63) is 139 Å². The molecule has 0 spiro atoms. The minimum absolute atomic E-state index is 0.430. The summed E-state index contributed by atoms with van der Waals surface area (Å²) in [5.74, 6) is 0.947. The van der Waals surface area contributed by atoms with Crippen molar-refractivity contribution in [2.24, 2.45) is 0 Å². The molecule has 5 heteroatoms. The largest absolute Gasteiger partial charge is 0.349 e. The molecule has 48 heavy (non-hydrogen) atoms. The van der Waals surface area contributed by atoms with E-state index in [-0.39, 0.29) is 0 Å². The van der Waals surface area contributed by atoms with Crippen LogP contribution in [0.2, 0.25) is 13.1 Å². The van der Waals surface area contributed by atoms with Gasteiger partial charge in [0.15, 0.2) is 0 Å². The van der Waals surface area contributed by atoms with Gasteiger partial charge in [-0.3, -0.25) is 4.57 Å². The number of hydrogen-bond acceptors (Lipinski definition) is 3. The molecular formula is C43H42N4Si. The Morgan fingerprint density at radius 2 is 1.33 bits per heavy atom. The molecule has 238 valence electrons. The van der Waals surface area contributed by atoms with Crippen molar-refractivity contribution >= 4 is 57.3 Å². The maximum Gasteiger partial charge on any atom is 0.138 e. The molecule has 1 aliphatic rings. The Hall–Kier alpha value is -5.13. The molecule has 8 rings (SSSR count). The predicted molar refractivity (Wildman–Crippen MR) is 208 cm³/mol. The van der Waals surface area contributed by atoms with Crippen LogP contribution in [0.3, 0.4) is 0 Å². The summed E-state index contributed by atoms with van der Waals surface area (Å²) in [4.78, 5) is 9.93. The summed E-state index contributed by atoms with van der Waals surface area (Å²) in [5.41, 5.74) is 11.3. The Balaban J connectivity index is 1.24. The predicted octanol–water partition coefficient (Wildman–Crippen LogP) is 9.61. The molecule has 5 aromatic carbocycles. The van der Waals surface area contributed by atoms with Crippen molar-refractivity contribution in [2.45, 2.75) is 46.8 Å². The number of benzene rings is 5. The molecule has 0 saturated heterocycles. The fourth-order valence-corrected chi connectivity index (χ4v) is 10.1. The van der Waals surface area contributed by atoms with Crippen molar-refractivity contribution in [1.29, 1.82) is 0 Å². The number of rotatable bonds is 6. The number of para-hydroxylation sites is 3. The molecule has 1 aliphatic heterocycles. The van der Waals surface area contributed by atoms with E-state index in [2.05, 4.69) is 176 Å². The van der Waals surface area contributed by atoms with Crippen LogP contribution in [0.4, 0.5) is 17.1 Å². The maximum absolute atomic E-state index is 4.97. The highest BCUT2D eigenvalue weighted by Gasteiger charge is 2.31. The number of pyridine rings is 1. The molecule has 0 fully saturated rings. The van der Waals surface area contributed by atoms with Crippen molar-refractivity contribution in [2.75, 3.05) is 16.5 Å². The van der Waals surface area contributed by atoms with Gasteiger partial charge in [0, 0.05) is 28.7 Å². The van der Waals surface area contributed by atoms with E-state index in [1.807, 2.05) is 6.20 Å². The highest BCUT2D eigenvalue weighted by atomic mass is 28.3. The van der Waals surface area contributed by atoms with E-state index in [1.165, 1.54) is 71.5 Å². The second kappa shape index (κ2) is 11.5. The SMILES string of the molecule is Cc1cccc(C)c1-c1ccnc(-n2c3ccccc3c3ccc([Si](C)(C)c4cccc(N5CN(C(C)C)c6ccccc65)c4)cc32)c1. The van der Waals surface area contributed by atoms with E-state index in [0.29, 0.717) is 6.04 Å². The molecule has 0 amide bonds. The molecule has 2 aromatic heterocycles. The highest BCUT2D eigenvalue weighted by Crippen LogP contribution is 2.41. The summed E-state index contributed by atoms with van der Waals surface area (Å²) in [7, 11) is -2.11. The van der Waals surface area contributed by atoms with Gasteiger partial charge in [-0.2, -0.15) is 0 Å². The van der Waals surface area contributed by atoms with E-state index < -0.39 is 8.07 Å². The molecule has 0 atom stereocenters. The van der Waals surface area contributed by atoms with Crippen molar-refractivity contribution in [3.8, 4) is 16.9 Å². The van der Waals surface area contributed by atoms with Crippen LogP contribution in [0.5, 0.6) is 0 Å². The quantitative estimate of drug-likeness (QED) is 0.169. The lowest BCUT2D eigenvalue weighted by Gasteiger charge is -2.28. The summed E-state index contributed by atoms with van der Waals surface area (Å²) >= 11 is 0. The normalized spacial score (nSPS) is 13.2. The average molecular weight is 643 g/mol. The van der Waals surface area contributed by atoms with E-state index in [0.717, 1.165) is 12.5 Å². The summed E-state index contributed by atoms with van der Waals surface area (Å²) < 4.78 is 2.37. The van der Waals surface area contributed by atoms with Gasteiger partial charge in [-0.1, -0.05) is 96.3 Å². The van der Waals surface area contributed by atoms with Gasteiger partial charge in [0.1, 0.15) is 13.9 Å². The minimum atomic E-state index is -2.11. The van der Waals surface area contributed by atoms with Crippen molar-refractivity contribution in [1.82, 2.24) is 9.55 Å². The van der Waals surface area contributed by atoms with Gasteiger partial charge >= 0.3 is 0 Å². The fraction of sp³-hybridized carbons (Fsp3) is 0.186. The lowest BCUT2D eigenvalue weighted by Crippen LogP contribution is -2.53. The lowest BCUT2D eigenvalue weighted by atomic mass is 9.96. The summed E-state index contributed by atoms with van der Waals surface area (Å²) in [6.45, 7) is 14.8. The van der Waals surface area contributed by atoms with Gasteiger partial charge in [0.2, 0.25) is 0 Å². The third kappa shape index (κ3) is 4.84. The molecule has 7 aromatic rings.